The van der Waals surface area contributed by atoms with Crippen LogP contribution in [-0.4, -0.2) is 44.7 Å². The summed E-state index contributed by atoms with van der Waals surface area (Å²) in [6, 6.07) is 0. The number of rotatable bonds is 2. The predicted octanol–water partition coefficient (Wildman–Crippen LogP) is -0.170. The number of nitrogens with zero attached hydrogens (tertiary/aromatic N) is 1. The minimum absolute atomic E-state index is 0.150. The summed E-state index contributed by atoms with van der Waals surface area (Å²) in [6.45, 7) is 2.24. The molecule has 0 atom stereocenters. The van der Waals surface area contributed by atoms with Crippen molar-refractivity contribution in [1.82, 2.24) is 4.90 Å². The minimum Gasteiger partial charge on any atom is -0.469 e. The van der Waals surface area contributed by atoms with E-state index in [2.05, 4.69) is 11.9 Å². The molecule has 1 rings (SSSR count). The fraction of sp³-hybridized carbons (Fsp3) is 0.889. The maximum absolute atomic E-state index is 11.5. The SMILES string of the molecule is COC(=O)C1(CN)CCN(C)CC1. The molecule has 0 aliphatic carbocycles. The van der Waals surface area contributed by atoms with Gasteiger partial charge in [0.25, 0.3) is 0 Å². The van der Waals surface area contributed by atoms with Crippen LogP contribution in [0.2, 0.25) is 0 Å². The zero-order valence-corrected chi connectivity index (χ0v) is 8.38. The molecule has 1 heterocycles. The van der Waals surface area contributed by atoms with Crippen LogP contribution in [0.5, 0.6) is 0 Å². The lowest BCUT2D eigenvalue weighted by molar-refractivity contribution is -0.155. The quantitative estimate of drug-likeness (QED) is 0.608. The van der Waals surface area contributed by atoms with Crippen molar-refractivity contribution in [1.29, 1.82) is 0 Å². The molecule has 0 unspecified atom stereocenters. The van der Waals surface area contributed by atoms with Gasteiger partial charge in [-0.05, 0) is 33.0 Å². The lowest BCUT2D eigenvalue weighted by Gasteiger charge is -2.37. The highest BCUT2D eigenvalue weighted by Gasteiger charge is 2.40. The van der Waals surface area contributed by atoms with Crippen molar-refractivity contribution in [3.05, 3.63) is 0 Å². The highest BCUT2D eigenvalue weighted by molar-refractivity contribution is 5.77. The normalized spacial score (nSPS) is 22.7. The lowest BCUT2D eigenvalue weighted by atomic mass is 9.78. The Kier molecular flexibility index (Phi) is 3.27. The second kappa shape index (κ2) is 4.07. The molecule has 4 nitrogen and oxygen atoms in total. The smallest absolute Gasteiger partial charge is 0.313 e. The Hall–Kier alpha value is -0.610. The first kappa shape index (κ1) is 10.5. The Balaban J connectivity index is 2.65. The summed E-state index contributed by atoms with van der Waals surface area (Å²) in [5.41, 5.74) is 5.23. The molecule has 1 saturated heterocycles. The maximum atomic E-state index is 11.5. The number of likely N-dealkylation sites (tertiary alicyclic amines) is 1. The molecule has 2 N–H and O–H groups in total. The van der Waals surface area contributed by atoms with E-state index in [0.717, 1.165) is 25.9 Å². The molecular weight excluding hydrogens is 168 g/mol. The van der Waals surface area contributed by atoms with Crippen molar-refractivity contribution in [3.63, 3.8) is 0 Å². The molecule has 1 aliphatic heterocycles. The molecule has 0 aromatic carbocycles. The van der Waals surface area contributed by atoms with Gasteiger partial charge in [-0.3, -0.25) is 4.79 Å². The van der Waals surface area contributed by atoms with Crippen LogP contribution < -0.4 is 5.73 Å². The van der Waals surface area contributed by atoms with E-state index >= 15 is 0 Å². The van der Waals surface area contributed by atoms with Crippen LogP contribution in [0.1, 0.15) is 12.8 Å². The summed E-state index contributed by atoms with van der Waals surface area (Å²) in [6.07, 6.45) is 1.62. The Morgan fingerprint density at radius 3 is 2.46 bits per heavy atom. The highest BCUT2D eigenvalue weighted by atomic mass is 16.5. The van der Waals surface area contributed by atoms with Crippen molar-refractivity contribution >= 4 is 5.97 Å². The molecule has 0 aromatic rings. The molecule has 1 aliphatic rings. The number of esters is 1. The fourth-order valence-electron chi connectivity index (χ4n) is 1.75. The zero-order chi connectivity index (χ0) is 9.90. The molecule has 76 valence electrons. The predicted molar refractivity (Wildman–Crippen MR) is 50.2 cm³/mol. The number of hydrogen-bond donors (Lipinski definition) is 1. The molecule has 1 fully saturated rings. The number of ether oxygens (including phenoxy) is 1. The first-order valence-electron chi connectivity index (χ1n) is 4.62. The fourth-order valence-corrected chi connectivity index (χ4v) is 1.75. The third-order valence-corrected chi connectivity index (χ3v) is 2.95. The molecule has 0 radical (unpaired) electrons. The van der Waals surface area contributed by atoms with Gasteiger partial charge in [-0.15, -0.1) is 0 Å². The van der Waals surface area contributed by atoms with E-state index in [0.29, 0.717) is 6.54 Å². The van der Waals surface area contributed by atoms with E-state index in [1.807, 2.05) is 0 Å². The van der Waals surface area contributed by atoms with Gasteiger partial charge in [0.2, 0.25) is 0 Å². The second-order valence-corrected chi connectivity index (χ2v) is 3.78. The Labute approximate surface area is 79.0 Å². The molecule has 13 heavy (non-hydrogen) atoms. The number of nitrogens with two attached hydrogens (primary N) is 1. The zero-order valence-electron chi connectivity index (χ0n) is 8.38. The topological polar surface area (TPSA) is 55.6 Å². The minimum atomic E-state index is -0.415. The van der Waals surface area contributed by atoms with Crippen molar-refractivity contribution in [3.8, 4) is 0 Å². The first-order valence-corrected chi connectivity index (χ1v) is 4.62. The van der Waals surface area contributed by atoms with Gasteiger partial charge in [-0.1, -0.05) is 0 Å². The van der Waals surface area contributed by atoms with Crippen LogP contribution in [-0.2, 0) is 9.53 Å². The molecular formula is C9H18N2O2. The average Bonchev–Trinajstić information content (AvgIpc) is 2.18. The Bertz CT molecular complexity index is 186. The van der Waals surface area contributed by atoms with Crippen LogP contribution in [0.15, 0.2) is 0 Å². The molecule has 0 saturated carbocycles. The Morgan fingerprint density at radius 1 is 1.54 bits per heavy atom. The number of piperidine rings is 1. The molecule has 0 amide bonds. The molecule has 0 bridgehead atoms. The van der Waals surface area contributed by atoms with Gasteiger partial charge in [0.1, 0.15) is 0 Å². The summed E-state index contributed by atoms with van der Waals surface area (Å²) < 4.78 is 4.78. The van der Waals surface area contributed by atoms with E-state index in [-0.39, 0.29) is 5.97 Å². The van der Waals surface area contributed by atoms with Gasteiger partial charge < -0.3 is 15.4 Å². The van der Waals surface area contributed by atoms with Crippen LogP contribution in [0, 0.1) is 5.41 Å². The maximum Gasteiger partial charge on any atom is 0.313 e. The van der Waals surface area contributed by atoms with Crippen LogP contribution in [0.3, 0.4) is 0 Å². The summed E-state index contributed by atoms with van der Waals surface area (Å²) in [4.78, 5) is 13.7. The average molecular weight is 186 g/mol. The summed E-state index contributed by atoms with van der Waals surface area (Å²) in [5.74, 6) is -0.150. The van der Waals surface area contributed by atoms with Crippen LogP contribution in [0.4, 0.5) is 0 Å². The number of carbonyl (C=O) groups excluding carboxylic acids is 1. The molecule has 4 heteroatoms. The lowest BCUT2D eigenvalue weighted by Crippen LogP contribution is -2.47. The van der Waals surface area contributed by atoms with Gasteiger partial charge in [0.05, 0.1) is 12.5 Å². The van der Waals surface area contributed by atoms with Gasteiger partial charge >= 0.3 is 5.97 Å². The van der Waals surface area contributed by atoms with E-state index in [4.69, 9.17) is 10.5 Å². The van der Waals surface area contributed by atoms with Gasteiger partial charge in [0, 0.05) is 6.54 Å². The largest absolute Gasteiger partial charge is 0.469 e. The van der Waals surface area contributed by atoms with Gasteiger partial charge in [-0.2, -0.15) is 0 Å². The van der Waals surface area contributed by atoms with Gasteiger partial charge in [-0.25, -0.2) is 0 Å². The second-order valence-electron chi connectivity index (χ2n) is 3.78. The summed E-state index contributed by atoms with van der Waals surface area (Å²) in [7, 11) is 3.48. The standard InChI is InChI=1S/C9H18N2O2/c1-11-5-3-9(7-10,4-6-11)8(12)13-2/h3-7,10H2,1-2H3. The van der Waals surface area contributed by atoms with Crippen LogP contribution in [0.25, 0.3) is 0 Å². The van der Waals surface area contributed by atoms with Crippen molar-refractivity contribution in [2.45, 2.75) is 12.8 Å². The molecule has 0 spiro atoms. The highest BCUT2D eigenvalue weighted by Crippen LogP contribution is 2.30. The van der Waals surface area contributed by atoms with Crippen molar-refractivity contribution < 1.29 is 9.53 Å². The Morgan fingerprint density at radius 2 is 2.08 bits per heavy atom. The van der Waals surface area contributed by atoms with E-state index in [1.54, 1.807) is 0 Å². The molecule has 0 aromatic heterocycles. The van der Waals surface area contributed by atoms with Crippen LogP contribution >= 0.6 is 0 Å². The summed E-state index contributed by atoms with van der Waals surface area (Å²) >= 11 is 0. The van der Waals surface area contributed by atoms with Crippen molar-refractivity contribution in [2.75, 3.05) is 33.8 Å². The number of hydrogen-bond acceptors (Lipinski definition) is 4. The van der Waals surface area contributed by atoms with E-state index in [9.17, 15) is 4.79 Å². The number of methoxy groups -OCH3 is 1. The third-order valence-electron chi connectivity index (χ3n) is 2.95. The van der Waals surface area contributed by atoms with Gasteiger partial charge in [0.15, 0.2) is 0 Å². The summed E-state index contributed by atoms with van der Waals surface area (Å²) in [5, 5.41) is 0. The van der Waals surface area contributed by atoms with E-state index < -0.39 is 5.41 Å². The van der Waals surface area contributed by atoms with Crippen molar-refractivity contribution in [2.24, 2.45) is 11.1 Å². The third kappa shape index (κ3) is 2.00. The number of carbonyl (C=O) groups is 1. The van der Waals surface area contributed by atoms with E-state index in [1.165, 1.54) is 7.11 Å². The first-order chi connectivity index (χ1) is 6.14. The monoisotopic (exact) mass is 186 g/mol.